The Labute approximate surface area is 104 Å². The Bertz CT molecular complexity index is 261. The minimum Gasteiger partial charge on any atom is -1.00 e. The second kappa shape index (κ2) is 8.45. The average molecular weight is 236 g/mol. The van der Waals surface area contributed by atoms with Crippen molar-refractivity contribution in [2.75, 3.05) is 12.3 Å². The Morgan fingerprint density at radius 3 is 2.36 bits per heavy atom. The SMILES string of the molecule is CC(=O)NCCCCCS(=O)(=O)O.[H-].[H-].[Mg+2]. The molecular formula is C7H17MgNO4S. The van der Waals surface area contributed by atoms with Crippen molar-refractivity contribution in [3.63, 3.8) is 0 Å². The molecule has 0 rings (SSSR count). The number of carbonyl (C=O) groups is 1. The van der Waals surface area contributed by atoms with Crippen molar-refractivity contribution in [3.8, 4) is 0 Å². The van der Waals surface area contributed by atoms with Crippen LogP contribution in [0.2, 0.25) is 0 Å². The van der Waals surface area contributed by atoms with Gasteiger partial charge in [0.05, 0.1) is 5.75 Å². The van der Waals surface area contributed by atoms with Crippen LogP contribution >= 0.6 is 0 Å². The zero-order valence-corrected chi connectivity index (χ0v) is 10.6. The van der Waals surface area contributed by atoms with Gasteiger partial charge in [-0.1, -0.05) is 6.42 Å². The second-order valence-electron chi connectivity index (χ2n) is 2.83. The first-order valence-electron chi connectivity index (χ1n) is 4.11. The van der Waals surface area contributed by atoms with Gasteiger partial charge in [-0.3, -0.25) is 9.35 Å². The molecular weight excluding hydrogens is 218 g/mol. The Hall–Kier alpha value is 0.146. The standard InChI is InChI=1S/C7H15NO4S.Mg.2H/c1-7(9)8-5-3-2-4-6-13(10,11)12;;;/h2-6H2,1H3,(H,8,9)(H,10,11,12);;;/q;+2;2*-1. The van der Waals surface area contributed by atoms with E-state index >= 15 is 0 Å². The van der Waals surface area contributed by atoms with E-state index in [-0.39, 0.29) is 37.6 Å². The van der Waals surface area contributed by atoms with Crippen LogP contribution in [0.5, 0.6) is 0 Å². The molecule has 0 radical (unpaired) electrons. The van der Waals surface area contributed by atoms with Crippen molar-refractivity contribution in [2.45, 2.75) is 26.2 Å². The molecule has 0 saturated heterocycles. The fraction of sp³-hybridized carbons (Fsp3) is 0.857. The molecule has 0 aliphatic rings. The van der Waals surface area contributed by atoms with Crippen LogP contribution < -0.4 is 5.32 Å². The Morgan fingerprint density at radius 2 is 1.93 bits per heavy atom. The molecule has 0 aromatic heterocycles. The fourth-order valence-electron chi connectivity index (χ4n) is 0.851. The predicted octanol–water partition coefficient (Wildman–Crippen LogP) is 0.0248. The maximum atomic E-state index is 10.4. The summed E-state index contributed by atoms with van der Waals surface area (Å²) < 4.78 is 28.9. The summed E-state index contributed by atoms with van der Waals surface area (Å²) in [6, 6.07) is 0. The molecule has 0 aromatic carbocycles. The van der Waals surface area contributed by atoms with Gasteiger partial charge < -0.3 is 8.17 Å². The normalized spacial score (nSPS) is 10.4. The van der Waals surface area contributed by atoms with E-state index in [1.807, 2.05) is 0 Å². The van der Waals surface area contributed by atoms with Crippen molar-refractivity contribution in [2.24, 2.45) is 0 Å². The van der Waals surface area contributed by atoms with Crippen LogP contribution in [0.25, 0.3) is 0 Å². The number of unbranched alkanes of at least 4 members (excludes halogenated alkanes) is 2. The van der Waals surface area contributed by atoms with Crippen LogP contribution in [0.1, 0.15) is 29.0 Å². The first-order chi connectivity index (χ1) is 5.92. The molecule has 2 N–H and O–H groups in total. The van der Waals surface area contributed by atoms with Crippen LogP contribution in [0.15, 0.2) is 0 Å². The molecule has 14 heavy (non-hydrogen) atoms. The van der Waals surface area contributed by atoms with E-state index in [9.17, 15) is 13.2 Å². The molecule has 0 atom stereocenters. The Balaban J connectivity index is -0.000000240. The van der Waals surface area contributed by atoms with Gasteiger partial charge in [-0.25, -0.2) is 0 Å². The zero-order chi connectivity index (χ0) is 10.3. The van der Waals surface area contributed by atoms with Crippen molar-refractivity contribution in [3.05, 3.63) is 0 Å². The minimum absolute atomic E-state index is 0. The third kappa shape index (κ3) is 14.7. The molecule has 0 aliphatic heterocycles. The molecule has 0 spiro atoms. The van der Waals surface area contributed by atoms with E-state index in [1.54, 1.807) is 0 Å². The zero-order valence-electron chi connectivity index (χ0n) is 10.3. The minimum atomic E-state index is -3.81. The summed E-state index contributed by atoms with van der Waals surface area (Å²) in [5.41, 5.74) is 0. The summed E-state index contributed by atoms with van der Waals surface area (Å²) in [6.07, 6.45) is 1.84. The number of hydrogen-bond donors (Lipinski definition) is 2. The van der Waals surface area contributed by atoms with E-state index in [1.165, 1.54) is 6.92 Å². The quantitative estimate of drug-likeness (QED) is 0.386. The Kier molecular flexibility index (Phi) is 10.0. The fourth-order valence-corrected chi connectivity index (χ4v) is 1.42. The van der Waals surface area contributed by atoms with Crippen molar-refractivity contribution < 1.29 is 20.6 Å². The van der Waals surface area contributed by atoms with Crippen LogP contribution in [0.3, 0.4) is 0 Å². The van der Waals surface area contributed by atoms with Gasteiger partial charge in [-0.15, -0.1) is 0 Å². The van der Waals surface area contributed by atoms with Crippen molar-refractivity contribution in [1.82, 2.24) is 5.32 Å². The molecule has 0 aliphatic carbocycles. The summed E-state index contributed by atoms with van der Waals surface area (Å²) in [6.45, 7) is 1.99. The molecule has 0 heterocycles. The average Bonchev–Trinajstić information content (AvgIpc) is 1.93. The number of nitrogens with one attached hydrogen (secondary N) is 1. The van der Waals surface area contributed by atoms with Crippen molar-refractivity contribution in [1.29, 1.82) is 0 Å². The summed E-state index contributed by atoms with van der Waals surface area (Å²) in [5, 5.41) is 2.59. The van der Waals surface area contributed by atoms with E-state index < -0.39 is 10.1 Å². The van der Waals surface area contributed by atoms with Gasteiger partial charge >= 0.3 is 23.1 Å². The smallest absolute Gasteiger partial charge is 1.00 e. The molecule has 1 amide bonds. The summed E-state index contributed by atoms with van der Waals surface area (Å²) in [4.78, 5) is 10.4. The van der Waals surface area contributed by atoms with Crippen LogP contribution in [-0.4, -0.2) is 54.2 Å². The number of amides is 1. The number of carbonyl (C=O) groups excluding carboxylic acids is 1. The van der Waals surface area contributed by atoms with Crippen LogP contribution in [0, 0.1) is 0 Å². The first-order valence-corrected chi connectivity index (χ1v) is 5.72. The van der Waals surface area contributed by atoms with E-state index in [4.69, 9.17) is 4.55 Å². The van der Waals surface area contributed by atoms with Crippen LogP contribution in [-0.2, 0) is 14.9 Å². The first kappa shape index (κ1) is 16.6. The largest absolute Gasteiger partial charge is 2.00 e. The molecule has 7 heteroatoms. The van der Waals surface area contributed by atoms with Gasteiger partial charge in [0.1, 0.15) is 0 Å². The molecule has 0 unspecified atom stereocenters. The maximum Gasteiger partial charge on any atom is 2.00 e. The van der Waals surface area contributed by atoms with Gasteiger partial charge in [-0.05, 0) is 12.8 Å². The molecule has 82 valence electrons. The summed E-state index contributed by atoms with van der Waals surface area (Å²) >= 11 is 0. The van der Waals surface area contributed by atoms with Gasteiger partial charge in [0.15, 0.2) is 0 Å². The topological polar surface area (TPSA) is 83.5 Å². The van der Waals surface area contributed by atoms with Gasteiger partial charge in [0.25, 0.3) is 10.1 Å². The van der Waals surface area contributed by atoms with Crippen molar-refractivity contribution >= 4 is 39.1 Å². The predicted molar refractivity (Wildman–Crippen MR) is 56.9 cm³/mol. The molecule has 0 aromatic rings. The Morgan fingerprint density at radius 1 is 1.36 bits per heavy atom. The van der Waals surface area contributed by atoms with E-state index in [0.29, 0.717) is 19.4 Å². The van der Waals surface area contributed by atoms with E-state index in [2.05, 4.69) is 5.32 Å². The molecule has 0 saturated carbocycles. The van der Waals surface area contributed by atoms with Gasteiger partial charge in [0, 0.05) is 13.5 Å². The number of hydrogen-bond acceptors (Lipinski definition) is 3. The molecule has 0 bridgehead atoms. The second-order valence-corrected chi connectivity index (χ2v) is 4.40. The molecule has 5 nitrogen and oxygen atoms in total. The maximum absolute atomic E-state index is 10.4. The van der Waals surface area contributed by atoms with Gasteiger partial charge in [-0.2, -0.15) is 8.42 Å². The summed E-state index contributed by atoms with van der Waals surface area (Å²) in [5.74, 6) is -0.289. The summed E-state index contributed by atoms with van der Waals surface area (Å²) in [7, 11) is -3.81. The van der Waals surface area contributed by atoms with Crippen LogP contribution in [0.4, 0.5) is 0 Å². The monoisotopic (exact) mass is 235 g/mol. The van der Waals surface area contributed by atoms with Gasteiger partial charge in [0.2, 0.25) is 5.91 Å². The third-order valence-electron chi connectivity index (χ3n) is 1.45. The van der Waals surface area contributed by atoms with E-state index in [0.717, 1.165) is 6.42 Å². The third-order valence-corrected chi connectivity index (χ3v) is 2.26. The molecule has 0 fully saturated rings. The number of rotatable bonds is 6.